The van der Waals surface area contributed by atoms with Crippen LogP contribution in [0.2, 0.25) is 10.0 Å². The third-order valence-electron chi connectivity index (χ3n) is 3.37. The van der Waals surface area contributed by atoms with E-state index >= 15 is 0 Å². The molecule has 0 aliphatic heterocycles. The molecule has 2 aromatic heterocycles. The second kappa shape index (κ2) is 7.63. The standard InChI is InChI=1S/C17H13Cl2N3O3/c1-10(17-21-16(22-25-17)12-3-2-6-20-9-12)24-15(23)7-11-4-5-13(18)8-14(11)19/h2-6,8-10H,7H2,1H3. The Kier molecular flexibility index (Phi) is 5.31. The first-order valence-electron chi connectivity index (χ1n) is 7.40. The maximum Gasteiger partial charge on any atom is 0.311 e. The summed E-state index contributed by atoms with van der Waals surface area (Å²) in [6.07, 6.45) is 2.60. The van der Waals surface area contributed by atoms with Gasteiger partial charge in [-0.05, 0) is 36.8 Å². The van der Waals surface area contributed by atoms with Crippen molar-refractivity contribution in [3.63, 3.8) is 0 Å². The van der Waals surface area contributed by atoms with Crippen LogP contribution in [0.5, 0.6) is 0 Å². The molecule has 0 saturated heterocycles. The molecule has 3 aromatic rings. The van der Waals surface area contributed by atoms with Crippen molar-refractivity contribution in [1.82, 2.24) is 15.1 Å². The van der Waals surface area contributed by atoms with Crippen molar-refractivity contribution in [2.45, 2.75) is 19.4 Å². The van der Waals surface area contributed by atoms with Crippen molar-refractivity contribution in [1.29, 1.82) is 0 Å². The molecule has 2 heterocycles. The molecule has 128 valence electrons. The molecule has 0 radical (unpaired) electrons. The van der Waals surface area contributed by atoms with Gasteiger partial charge in [0, 0.05) is 28.0 Å². The Morgan fingerprint density at radius 1 is 1.32 bits per heavy atom. The van der Waals surface area contributed by atoms with E-state index in [0.717, 1.165) is 0 Å². The summed E-state index contributed by atoms with van der Waals surface area (Å²) in [5.74, 6) is 0.124. The van der Waals surface area contributed by atoms with E-state index in [9.17, 15) is 4.79 Å². The molecule has 0 N–H and O–H groups in total. The second-order valence-corrected chi connectivity index (χ2v) is 6.09. The summed E-state index contributed by atoms with van der Waals surface area (Å²) in [5.41, 5.74) is 1.34. The van der Waals surface area contributed by atoms with Crippen LogP contribution < -0.4 is 0 Å². The van der Waals surface area contributed by atoms with Crippen LogP contribution >= 0.6 is 23.2 Å². The molecule has 0 amide bonds. The largest absolute Gasteiger partial charge is 0.452 e. The zero-order valence-electron chi connectivity index (χ0n) is 13.1. The Balaban J connectivity index is 1.65. The number of carbonyl (C=O) groups is 1. The highest BCUT2D eigenvalue weighted by Crippen LogP contribution is 2.23. The highest BCUT2D eigenvalue weighted by Gasteiger charge is 2.20. The lowest BCUT2D eigenvalue weighted by molar-refractivity contribution is -0.148. The Hall–Kier alpha value is -2.44. The fraction of sp³-hybridized carbons (Fsp3) is 0.176. The molecule has 1 atom stereocenters. The van der Waals surface area contributed by atoms with Crippen LogP contribution in [0.25, 0.3) is 11.4 Å². The normalized spacial score (nSPS) is 12.0. The number of hydrogen-bond donors (Lipinski definition) is 0. The van der Waals surface area contributed by atoms with E-state index < -0.39 is 12.1 Å². The Labute approximate surface area is 153 Å². The summed E-state index contributed by atoms with van der Waals surface area (Å²) in [5, 5.41) is 4.78. The maximum atomic E-state index is 12.1. The van der Waals surface area contributed by atoms with Gasteiger partial charge in [0.15, 0.2) is 6.10 Å². The summed E-state index contributed by atoms with van der Waals surface area (Å²) in [6, 6.07) is 8.50. The summed E-state index contributed by atoms with van der Waals surface area (Å²) in [7, 11) is 0. The van der Waals surface area contributed by atoms with Crippen molar-refractivity contribution in [3.8, 4) is 11.4 Å². The fourth-order valence-corrected chi connectivity index (χ4v) is 2.60. The van der Waals surface area contributed by atoms with Crippen LogP contribution in [-0.2, 0) is 16.0 Å². The van der Waals surface area contributed by atoms with E-state index in [1.165, 1.54) is 0 Å². The summed E-state index contributed by atoms with van der Waals surface area (Å²) in [4.78, 5) is 20.3. The molecule has 0 saturated carbocycles. The van der Waals surface area contributed by atoms with Gasteiger partial charge in [-0.2, -0.15) is 4.98 Å². The van der Waals surface area contributed by atoms with Crippen molar-refractivity contribution in [3.05, 3.63) is 64.2 Å². The Bertz CT molecular complexity index is 884. The minimum absolute atomic E-state index is 0.0178. The lowest BCUT2D eigenvalue weighted by Gasteiger charge is -2.10. The van der Waals surface area contributed by atoms with Crippen LogP contribution in [0.4, 0.5) is 0 Å². The maximum absolute atomic E-state index is 12.1. The van der Waals surface area contributed by atoms with Gasteiger partial charge in [0.05, 0.1) is 6.42 Å². The quantitative estimate of drug-likeness (QED) is 0.617. The van der Waals surface area contributed by atoms with Gasteiger partial charge in [-0.1, -0.05) is 34.4 Å². The van der Waals surface area contributed by atoms with Gasteiger partial charge in [-0.15, -0.1) is 0 Å². The number of hydrogen-bond acceptors (Lipinski definition) is 6. The number of esters is 1. The molecule has 0 bridgehead atoms. The average molecular weight is 378 g/mol. The molecule has 1 aromatic carbocycles. The summed E-state index contributed by atoms with van der Waals surface area (Å²) in [6.45, 7) is 1.65. The Morgan fingerprint density at radius 2 is 2.16 bits per heavy atom. The monoisotopic (exact) mass is 377 g/mol. The van der Waals surface area contributed by atoms with Crippen molar-refractivity contribution in [2.75, 3.05) is 0 Å². The second-order valence-electron chi connectivity index (χ2n) is 5.24. The van der Waals surface area contributed by atoms with Crippen molar-refractivity contribution >= 4 is 29.2 Å². The molecule has 0 fully saturated rings. The van der Waals surface area contributed by atoms with Gasteiger partial charge in [0.1, 0.15) is 0 Å². The topological polar surface area (TPSA) is 78.1 Å². The molecule has 1 unspecified atom stereocenters. The molecule has 6 nitrogen and oxygen atoms in total. The highest BCUT2D eigenvalue weighted by atomic mass is 35.5. The number of aromatic nitrogens is 3. The van der Waals surface area contributed by atoms with Gasteiger partial charge in [0.2, 0.25) is 5.82 Å². The van der Waals surface area contributed by atoms with Crippen LogP contribution in [0.1, 0.15) is 24.5 Å². The van der Waals surface area contributed by atoms with E-state index in [2.05, 4.69) is 15.1 Å². The lowest BCUT2D eigenvalue weighted by Crippen LogP contribution is -2.12. The SMILES string of the molecule is CC(OC(=O)Cc1ccc(Cl)cc1Cl)c1nc(-c2cccnc2)no1. The highest BCUT2D eigenvalue weighted by molar-refractivity contribution is 6.35. The minimum Gasteiger partial charge on any atom is -0.452 e. The number of halogens is 2. The predicted octanol–water partition coefficient (Wildman–Crippen LogP) is 4.29. The van der Waals surface area contributed by atoms with Crippen LogP contribution in [0, 0.1) is 0 Å². The number of nitrogens with zero attached hydrogens (tertiary/aromatic N) is 3. The third-order valence-corrected chi connectivity index (χ3v) is 3.95. The third kappa shape index (κ3) is 4.35. The zero-order valence-corrected chi connectivity index (χ0v) is 14.7. The van der Waals surface area contributed by atoms with Crippen molar-refractivity contribution < 1.29 is 14.1 Å². The fourth-order valence-electron chi connectivity index (χ4n) is 2.12. The molecule has 0 aliphatic rings. The molecular formula is C17H13Cl2N3O3. The zero-order chi connectivity index (χ0) is 17.8. The van der Waals surface area contributed by atoms with Gasteiger partial charge in [-0.3, -0.25) is 9.78 Å². The number of carbonyl (C=O) groups excluding carboxylic acids is 1. The minimum atomic E-state index is -0.684. The smallest absolute Gasteiger partial charge is 0.311 e. The number of benzene rings is 1. The first kappa shape index (κ1) is 17.4. The van der Waals surface area contributed by atoms with E-state index in [4.69, 9.17) is 32.5 Å². The van der Waals surface area contributed by atoms with Crippen LogP contribution in [0.15, 0.2) is 47.2 Å². The van der Waals surface area contributed by atoms with Crippen molar-refractivity contribution in [2.24, 2.45) is 0 Å². The van der Waals surface area contributed by atoms with Gasteiger partial charge in [0.25, 0.3) is 5.89 Å². The molecular weight excluding hydrogens is 365 g/mol. The van der Waals surface area contributed by atoms with E-state index in [1.807, 2.05) is 0 Å². The number of rotatable bonds is 5. The Morgan fingerprint density at radius 3 is 2.88 bits per heavy atom. The van der Waals surface area contributed by atoms with Gasteiger partial charge < -0.3 is 9.26 Å². The van der Waals surface area contributed by atoms with Gasteiger partial charge in [-0.25, -0.2) is 0 Å². The molecule has 8 heteroatoms. The summed E-state index contributed by atoms with van der Waals surface area (Å²) < 4.78 is 10.5. The van der Waals surface area contributed by atoms with Crippen LogP contribution in [0.3, 0.4) is 0 Å². The van der Waals surface area contributed by atoms with Gasteiger partial charge >= 0.3 is 5.97 Å². The van der Waals surface area contributed by atoms with Crippen LogP contribution in [-0.4, -0.2) is 21.1 Å². The average Bonchev–Trinajstić information content (AvgIpc) is 3.08. The first-order chi connectivity index (χ1) is 12.0. The predicted molar refractivity (Wildman–Crippen MR) is 92.2 cm³/mol. The number of pyridine rings is 1. The van der Waals surface area contributed by atoms with E-state index in [0.29, 0.717) is 27.0 Å². The first-order valence-corrected chi connectivity index (χ1v) is 8.16. The van der Waals surface area contributed by atoms with E-state index in [1.54, 1.807) is 49.6 Å². The number of ether oxygens (including phenoxy) is 1. The molecule has 3 rings (SSSR count). The molecule has 0 spiro atoms. The molecule has 0 aliphatic carbocycles. The van der Waals surface area contributed by atoms with E-state index in [-0.39, 0.29) is 12.3 Å². The lowest BCUT2D eigenvalue weighted by atomic mass is 10.1. The summed E-state index contributed by atoms with van der Waals surface area (Å²) >= 11 is 11.9. The molecule has 25 heavy (non-hydrogen) atoms.